The average Bonchev–Trinajstić information content (AvgIpc) is 3.06. The number of rotatable bonds is 11. The van der Waals surface area contributed by atoms with E-state index in [2.05, 4.69) is 104 Å². The fourth-order valence-electron chi connectivity index (χ4n) is 4.58. The van der Waals surface area contributed by atoms with Crippen LogP contribution >= 0.6 is 31.7 Å². The van der Waals surface area contributed by atoms with E-state index in [9.17, 15) is 0 Å². The molecule has 0 fully saturated rings. The van der Waals surface area contributed by atoms with Crippen LogP contribution in [-0.4, -0.2) is 41.6 Å². The molecule has 0 aliphatic heterocycles. The smallest absolute Gasteiger partial charge is 0.189 e. The fraction of sp³-hybridized carbons (Fsp3) is 0.152. The summed E-state index contributed by atoms with van der Waals surface area (Å²) in [6.45, 7) is 4.41. The highest BCUT2D eigenvalue weighted by Gasteiger charge is 2.45. The zero-order chi connectivity index (χ0) is 30.5. The van der Waals surface area contributed by atoms with Gasteiger partial charge in [-0.1, -0.05) is 54.6 Å². The van der Waals surface area contributed by atoms with Crippen LogP contribution in [0.15, 0.2) is 125 Å². The summed E-state index contributed by atoms with van der Waals surface area (Å²) in [6, 6.07) is 39.6. The summed E-state index contributed by atoms with van der Waals surface area (Å²) < 4.78 is 5.59. The van der Waals surface area contributed by atoms with Crippen molar-refractivity contribution in [2.45, 2.75) is 13.8 Å². The van der Waals surface area contributed by atoms with Crippen LogP contribution in [0.1, 0.15) is 19.4 Å². The minimum atomic E-state index is -2.11. The third-order valence-electron chi connectivity index (χ3n) is 6.67. The number of nitrogens with zero attached hydrogens (tertiary/aromatic N) is 2. The van der Waals surface area contributed by atoms with Crippen molar-refractivity contribution < 1.29 is 4.74 Å². The van der Waals surface area contributed by atoms with Gasteiger partial charge in [-0.05, 0) is 98.9 Å². The van der Waals surface area contributed by atoms with E-state index < -0.39 is 7.26 Å². The number of hydrogen-bond donors (Lipinski definition) is 4. The van der Waals surface area contributed by atoms with E-state index >= 15 is 0 Å². The van der Waals surface area contributed by atoms with E-state index in [0.717, 1.165) is 11.3 Å². The number of ether oxygens (including phenoxy) is 1. The zero-order valence-corrected chi connectivity index (χ0v) is 27.0. The Morgan fingerprint density at radius 1 is 0.698 bits per heavy atom. The molecule has 0 radical (unpaired) electrons. The fourth-order valence-corrected chi connectivity index (χ4v) is 8.73. The molecule has 0 bridgehead atoms. The number of benzene rings is 4. The number of hydrazone groups is 2. The summed E-state index contributed by atoms with van der Waals surface area (Å²) >= 11 is 11.0. The van der Waals surface area contributed by atoms with Gasteiger partial charge in [0.2, 0.25) is 0 Å². The lowest BCUT2D eigenvalue weighted by molar-refractivity contribution is 0.340. The first-order valence-electron chi connectivity index (χ1n) is 13.9. The highest BCUT2D eigenvalue weighted by atomic mass is 32.1. The highest BCUT2D eigenvalue weighted by molar-refractivity contribution is 7.95. The van der Waals surface area contributed by atoms with Crippen LogP contribution in [-0.2, 0) is 0 Å². The Morgan fingerprint density at radius 2 is 1.19 bits per heavy atom. The van der Waals surface area contributed by atoms with E-state index in [1.54, 1.807) is 7.05 Å². The maximum atomic E-state index is 5.75. The molecule has 0 saturated carbocycles. The van der Waals surface area contributed by atoms with Crippen LogP contribution in [0, 0.1) is 0 Å². The lowest BCUT2D eigenvalue weighted by Crippen LogP contribution is -2.42. The van der Waals surface area contributed by atoms with Crippen LogP contribution in [0.25, 0.3) is 0 Å². The van der Waals surface area contributed by atoms with Crippen LogP contribution in [0.2, 0.25) is 0 Å². The van der Waals surface area contributed by atoms with E-state index in [0.29, 0.717) is 34.5 Å². The second kappa shape index (κ2) is 15.9. The number of hydrogen-bond acceptors (Lipinski definition) is 5. The molecule has 0 spiro atoms. The third-order valence-corrected chi connectivity index (χ3v) is 11.4. The summed E-state index contributed by atoms with van der Waals surface area (Å²) in [4.78, 5) is 0. The number of thiocarbonyl (C=S) groups is 2. The molecule has 4 aromatic carbocycles. The molecule has 0 aliphatic rings. The van der Waals surface area contributed by atoms with Crippen LogP contribution in [0.5, 0.6) is 5.75 Å². The minimum Gasteiger partial charge on any atom is -0.494 e. The van der Waals surface area contributed by atoms with Crippen LogP contribution < -0.4 is 42.1 Å². The first-order chi connectivity index (χ1) is 21.0. The largest absolute Gasteiger partial charge is 0.494 e. The maximum absolute atomic E-state index is 5.75. The molecule has 0 heterocycles. The van der Waals surface area contributed by atoms with E-state index in [-0.39, 0.29) is 0 Å². The Labute approximate surface area is 265 Å². The Morgan fingerprint density at radius 3 is 1.65 bits per heavy atom. The predicted molar refractivity (Wildman–Crippen MR) is 191 cm³/mol. The van der Waals surface area contributed by atoms with Gasteiger partial charge in [0, 0.05) is 12.6 Å². The van der Waals surface area contributed by atoms with Gasteiger partial charge in [0.1, 0.15) is 40.9 Å². The van der Waals surface area contributed by atoms with Crippen molar-refractivity contribution in [2.24, 2.45) is 10.2 Å². The molecule has 0 unspecified atom stereocenters. The molecule has 0 amide bonds. The van der Waals surface area contributed by atoms with Gasteiger partial charge in [-0.2, -0.15) is 10.2 Å². The van der Waals surface area contributed by atoms with Crippen molar-refractivity contribution in [1.82, 2.24) is 21.5 Å². The molecule has 0 saturated heterocycles. The van der Waals surface area contributed by atoms with Gasteiger partial charge < -0.3 is 15.4 Å². The Kier molecular flexibility index (Phi) is 11.7. The minimum absolute atomic E-state index is 0.393. The molecule has 4 rings (SSSR count). The first-order valence-corrected chi connectivity index (χ1v) is 16.7. The van der Waals surface area contributed by atoms with Gasteiger partial charge in [-0.3, -0.25) is 10.9 Å². The molecule has 4 aromatic rings. The molecule has 0 atom stereocenters. The summed E-state index contributed by atoms with van der Waals surface area (Å²) in [7, 11) is -0.378. The van der Waals surface area contributed by atoms with Crippen molar-refractivity contribution in [2.75, 3.05) is 19.9 Å². The molecule has 43 heavy (non-hydrogen) atoms. The second-order valence-corrected chi connectivity index (χ2v) is 13.7. The van der Waals surface area contributed by atoms with Gasteiger partial charge in [-0.15, -0.1) is 0 Å². The van der Waals surface area contributed by atoms with Crippen molar-refractivity contribution >= 4 is 69.3 Å². The SMILES string of the molecule is CCOc1ccc(C(=NNC(=S)NC)C(C)=NNC(=S)NC[P+](c2ccccc2)(c2ccccc2)c2ccccc2)cc1. The summed E-state index contributed by atoms with van der Waals surface area (Å²) in [5, 5.41) is 20.1. The quantitative estimate of drug-likeness (QED) is 0.0833. The second-order valence-electron chi connectivity index (χ2n) is 9.40. The molecule has 10 heteroatoms. The summed E-state index contributed by atoms with van der Waals surface area (Å²) in [5.74, 6) is 0.782. The van der Waals surface area contributed by atoms with Gasteiger partial charge in [0.15, 0.2) is 10.2 Å². The van der Waals surface area contributed by atoms with Crippen molar-refractivity contribution in [3.8, 4) is 5.75 Å². The van der Waals surface area contributed by atoms with E-state index in [1.165, 1.54) is 15.9 Å². The first kappa shape index (κ1) is 31.8. The molecule has 4 N–H and O–H groups in total. The lowest BCUT2D eigenvalue weighted by atomic mass is 10.1. The molecule has 7 nitrogen and oxygen atoms in total. The normalized spacial score (nSPS) is 11.8. The molecule has 0 aliphatic carbocycles. The maximum Gasteiger partial charge on any atom is 0.189 e. The van der Waals surface area contributed by atoms with Gasteiger partial charge in [0.05, 0.1) is 12.3 Å². The monoisotopic (exact) mass is 627 g/mol. The van der Waals surface area contributed by atoms with E-state index in [4.69, 9.17) is 29.2 Å². The van der Waals surface area contributed by atoms with Crippen molar-refractivity contribution in [3.05, 3.63) is 121 Å². The van der Waals surface area contributed by atoms with Gasteiger partial charge >= 0.3 is 0 Å². The molecular weight excluding hydrogens is 592 g/mol. The topological polar surface area (TPSA) is 82.1 Å². The third kappa shape index (κ3) is 8.23. The number of nitrogens with one attached hydrogen (secondary N) is 4. The average molecular weight is 628 g/mol. The molecule has 220 valence electrons. The Balaban J connectivity index is 1.60. The summed E-state index contributed by atoms with van der Waals surface area (Å²) in [5.41, 5.74) is 7.97. The van der Waals surface area contributed by atoms with Crippen LogP contribution in [0.4, 0.5) is 0 Å². The zero-order valence-electron chi connectivity index (χ0n) is 24.5. The van der Waals surface area contributed by atoms with Crippen molar-refractivity contribution in [3.63, 3.8) is 0 Å². The standard InChI is InChI=1S/C33H35N6OPS2/c1-4-40-27-22-20-26(21-23-27)31(37-38-32(42)34-3)25(2)36-39-33(43)35-24-41(28-14-8-5-9-15-28,29-16-10-6-11-17-29)30-18-12-7-13-19-30/h5-23H,4,24H2,1-3H3,(H3-,34,35,36,37,38,39,42,43)/p+1. The predicted octanol–water partition coefficient (Wildman–Crippen LogP) is 4.67. The van der Waals surface area contributed by atoms with Gasteiger partial charge in [-0.25, -0.2) is 0 Å². The Bertz CT molecular complexity index is 1450. The molecular formula is C33H36N6OPS2+. The van der Waals surface area contributed by atoms with E-state index in [1.807, 2.05) is 56.3 Å². The van der Waals surface area contributed by atoms with Crippen molar-refractivity contribution in [1.29, 1.82) is 0 Å². The molecule has 0 aromatic heterocycles. The lowest BCUT2D eigenvalue weighted by Gasteiger charge is -2.28. The van der Waals surface area contributed by atoms with Gasteiger partial charge in [0.25, 0.3) is 0 Å². The van der Waals surface area contributed by atoms with Crippen LogP contribution in [0.3, 0.4) is 0 Å². The summed E-state index contributed by atoms with van der Waals surface area (Å²) in [6.07, 6.45) is 0.614. The highest BCUT2D eigenvalue weighted by Crippen LogP contribution is 2.54. The Hall–Kier alpha value is -4.17.